The second-order valence-electron chi connectivity index (χ2n) is 6.35. The molecule has 0 amide bonds. The smallest absolute Gasteiger partial charge is 0.0683 e. The molecule has 0 aliphatic heterocycles. The third kappa shape index (κ3) is 2.93. The molecule has 0 N–H and O–H groups in total. The molecule has 0 heterocycles. The fraction of sp³-hybridized carbons (Fsp3) is 0.579. The molecular formula is C19H26O2. The Morgan fingerprint density at radius 2 is 1.76 bits per heavy atom. The lowest BCUT2D eigenvalue weighted by Crippen LogP contribution is -2.11. The minimum absolute atomic E-state index is 0.369. The van der Waals surface area contributed by atoms with Gasteiger partial charge in [0.2, 0.25) is 0 Å². The number of benzene rings is 1. The van der Waals surface area contributed by atoms with Crippen LogP contribution in [0.3, 0.4) is 0 Å². The molecule has 1 atom stereocenters. The van der Waals surface area contributed by atoms with Crippen molar-refractivity contribution < 1.29 is 9.47 Å². The van der Waals surface area contributed by atoms with Crippen molar-refractivity contribution >= 4 is 6.08 Å². The summed E-state index contributed by atoms with van der Waals surface area (Å²) in [7, 11) is 3.56. The molecule has 2 heteroatoms. The first-order chi connectivity index (χ1) is 10.3. The van der Waals surface area contributed by atoms with E-state index in [0.717, 1.165) is 12.5 Å². The van der Waals surface area contributed by atoms with Crippen molar-refractivity contribution in [3.63, 3.8) is 0 Å². The fourth-order valence-electron chi connectivity index (χ4n) is 4.00. The quantitative estimate of drug-likeness (QED) is 0.793. The van der Waals surface area contributed by atoms with Crippen LogP contribution < -0.4 is 0 Å². The van der Waals surface area contributed by atoms with E-state index in [4.69, 9.17) is 9.47 Å². The highest BCUT2D eigenvalue weighted by molar-refractivity contribution is 5.70. The average Bonchev–Trinajstić information content (AvgIpc) is 2.87. The van der Waals surface area contributed by atoms with Gasteiger partial charge >= 0.3 is 0 Å². The van der Waals surface area contributed by atoms with Crippen LogP contribution in [0.2, 0.25) is 0 Å². The van der Waals surface area contributed by atoms with Crippen LogP contribution in [0, 0.1) is 0 Å². The van der Waals surface area contributed by atoms with Crippen LogP contribution in [-0.2, 0) is 9.47 Å². The summed E-state index contributed by atoms with van der Waals surface area (Å²) in [6.07, 6.45) is 9.22. The van der Waals surface area contributed by atoms with Crippen LogP contribution in [0.25, 0.3) is 6.08 Å². The minimum Gasteiger partial charge on any atom is -0.384 e. The Balaban J connectivity index is 1.95. The van der Waals surface area contributed by atoms with Gasteiger partial charge in [-0.05, 0) is 41.0 Å². The summed E-state index contributed by atoms with van der Waals surface area (Å²) in [4.78, 5) is 0. The van der Waals surface area contributed by atoms with Crippen molar-refractivity contribution in [1.29, 1.82) is 0 Å². The molecule has 0 bridgehead atoms. The monoisotopic (exact) mass is 286 g/mol. The minimum atomic E-state index is 0.369. The van der Waals surface area contributed by atoms with E-state index in [2.05, 4.69) is 24.3 Å². The summed E-state index contributed by atoms with van der Waals surface area (Å²) in [5.41, 5.74) is 5.81. The maximum atomic E-state index is 5.45. The van der Waals surface area contributed by atoms with Crippen molar-refractivity contribution in [2.45, 2.75) is 43.9 Å². The van der Waals surface area contributed by atoms with E-state index >= 15 is 0 Å². The third-order valence-corrected chi connectivity index (χ3v) is 5.02. The van der Waals surface area contributed by atoms with Crippen molar-refractivity contribution in [3.8, 4) is 0 Å². The number of hydrogen-bond acceptors (Lipinski definition) is 2. The van der Waals surface area contributed by atoms with Gasteiger partial charge in [-0.1, -0.05) is 43.5 Å². The summed E-state index contributed by atoms with van der Waals surface area (Å²) in [5.74, 6) is 1.11. The zero-order chi connectivity index (χ0) is 14.7. The molecule has 114 valence electrons. The van der Waals surface area contributed by atoms with E-state index in [-0.39, 0.29) is 0 Å². The molecule has 3 rings (SSSR count). The third-order valence-electron chi connectivity index (χ3n) is 5.02. The fourth-order valence-corrected chi connectivity index (χ4v) is 4.00. The predicted octanol–water partition coefficient (Wildman–Crippen LogP) is 4.51. The summed E-state index contributed by atoms with van der Waals surface area (Å²) in [6, 6.07) is 6.84. The SMILES string of the molecule is COCC1=Cc2c(C3CCCCC3)cccc2C1COC. The van der Waals surface area contributed by atoms with Crippen molar-refractivity contribution in [2.24, 2.45) is 0 Å². The summed E-state index contributed by atoms with van der Waals surface area (Å²) in [6.45, 7) is 1.45. The number of hydrogen-bond donors (Lipinski definition) is 0. The first-order valence-electron chi connectivity index (χ1n) is 8.16. The highest BCUT2D eigenvalue weighted by Gasteiger charge is 2.29. The highest BCUT2D eigenvalue weighted by atomic mass is 16.5. The van der Waals surface area contributed by atoms with Gasteiger partial charge in [-0.2, -0.15) is 0 Å². The maximum absolute atomic E-state index is 5.45. The molecule has 0 spiro atoms. The first kappa shape index (κ1) is 14.8. The molecule has 0 saturated heterocycles. The summed E-state index contributed by atoms with van der Waals surface area (Å²) in [5, 5.41) is 0. The lowest BCUT2D eigenvalue weighted by molar-refractivity contribution is 0.174. The van der Waals surface area contributed by atoms with Gasteiger partial charge in [-0.3, -0.25) is 0 Å². The Hall–Kier alpha value is -1.12. The Morgan fingerprint density at radius 1 is 1.00 bits per heavy atom. The van der Waals surface area contributed by atoms with Crippen LogP contribution in [0.1, 0.15) is 60.6 Å². The van der Waals surface area contributed by atoms with E-state index in [1.807, 2.05) is 0 Å². The van der Waals surface area contributed by atoms with Gasteiger partial charge in [0.05, 0.1) is 13.2 Å². The lowest BCUT2D eigenvalue weighted by atomic mass is 9.81. The van der Waals surface area contributed by atoms with Gasteiger partial charge < -0.3 is 9.47 Å². The average molecular weight is 286 g/mol. The van der Waals surface area contributed by atoms with Crippen LogP contribution in [-0.4, -0.2) is 27.4 Å². The van der Waals surface area contributed by atoms with E-state index < -0.39 is 0 Å². The van der Waals surface area contributed by atoms with Gasteiger partial charge in [-0.25, -0.2) is 0 Å². The second-order valence-corrected chi connectivity index (χ2v) is 6.35. The molecule has 2 aliphatic carbocycles. The molecule has 1 saturated carbocycles. The molecule has 21 heavy (non-hydrogen) atoms. The first-order valence-corrected chi connectivity index (χ1v) is 8.16. The van der Waals surface area contributed by atoms with Gasteiger partial charge in [0, 0.05) is 20.1 Å². The highest BCUT2D eigenvalue weighted by Crippen LogP contribution is 2.43. The number of methoxy groups -OCH3 is 2. The van der Waals surface area contributed by atoms with Crippen LogP contribution >= 0.6 is 0 Å². The largest absolute Gasteiger partial charge is 0.384 e. The maximum Gasteiger partial charge on any atom is 0.0683 e. The molecule has 1 aromatic rings. The zero-order valence-corrected chi connectivity index (χ0v) is 13.2. The van der Waals surface area contributed by atoms with E-state index in [1.165, 1.54) is 48.8 Å². The number of ether oxygens (including phenoxy) is 2. The molecule has 2 nitrogen and oxygen atoms in total. The van der Waals surface area contributed by atoms with Crippen LogP contribution in [0.15, 0.2) is 23.8 Å². The van der Waals surface area contributed by atoms with Crippen molar-refractivity contribution in [3.05, 3.63) is 40.5 Å². The summed E-state index contributed by atoms with van der Waals surface area (Å²) < 4.78 is 10.8. The van der Waals surface area contributed by atoms with Crippen LogP contribution in [0.4, 0.5) is 0 Å². The van der Waals surface area contributed by atoms with Gasteiger partial charge in [0.15, 0.2) is 0 Å². The molecule has 1 unspecified atom stereocenters. The van der Waals surface area contributed by atoms with Crippen LogP contribution in [0.5, 0.6) is 0 Å². The van der Waals surface area contributed by atoms with E-state index in [0.29, 0.717) is 12.5 Å². The van der Waals surface area contributed by atoms with Gasteiger partial charge in [-0.15, -0.1) is 0 Å². The van der Waals surface area contributed by atoms with E-state index in [9.17, 15) is 0 Å². The Morgan fingerprint density at radius 3 is 2.48 bits per heavy atom. The molecule has 1 aromatic carbocycles. The molecule has 0 aromatic heterocycles. The number of rotatable bonds is 5. The Kier molecular flexibility index (Phi) is 4.77. The molecular weight excluding hydrogens is 260 g/mol. The Bertz CT molecular complexity index is 512. The zero-order valence-electron chi connectivity index (χ0n) is 13.2. The molecule has 0 radical (unpaired) electrons. The van der Waals surface area contributed by atoms with Crippen molar-refractivity contribution in [2.75, 3.05) is 27.4 Å². The van der Waals surface area contributed by atoms with E-state index in [1.54, 1.807) is 19.8 Å². The summed E-state index contributed by atoms with van der Waals surface area (Å²) >= 11 is 0. The van der Waals surface area contributed by atoms with Gasteiger partial charge in [0.25, 0.3) is 0 Å². The standard InChI is InChI=1S/C19H26O2/c1-20-12-15-11-18-16(14-7-4-3-5-8-14)9-6-10-17(18)19(15)13-21-2/h6,9-11,14,19H,3-5,7-8,12-13H2,1-2H3. The Labute approximate surface area is 128 Å². The van der Waals surface area contributed by atoms with Crippen molar-refractivity contribution in [1.82, 2.24) is 0 Å². The molecule has 2 aliphatic rings. The number of fused-ring (bicyclic) bond motifs is 1. The topological polar surface area (TPSA) is 18.5 Å². The lowest BCUT2D eigenvalue weighted by Gasteiger charge is -2.24. The van der Waals surface area contributed by atoms with Gasteiger partial charge in [0.1, 0.15) is 0 Å². The normalized spacial score (nSPS) is 22.2. The second kappa shape index (κ2) is 6.76. The molecule has 1 fully saturated rings. The predicted molar refractivity (Wildman–Crippen MR) is 86.7 cm³/mol.